The van der Waals surface area contributed by atoms with Crippen LogP contribution in [0.25, 0.3) is 0 Å². The van der Waals surface area contributed by atoms with E-state index in [9.17, 15) is 0 Å². The third-order valence-corrected chi connectivity index (χ3v) is 2.73. The maximum atomic E-state index is 4.03. The Morgan fingerprint density at radius 3 is 2.09 bits per heavy atom. The van der Waals surface area contributed by atoms with Crippen molar-refractivity contribution in [3.8, 4) is 0 Å². The number of rotatable bonds is 5. The average Bonchev–Trinajstić information content (AvgIpc) is 2.67. The number of allylic oxidation sites excluding steroid dienone is 1. The molecule has 0 radical (unpaired) electrons. The van der Waals surface area contributed by atoms with Crippen LogP contribution in [0.2, 0.25) is 0 Å². The van der Waals surface area contributed by atoms with E-state index in [0.29, 0.717) is 0 Å². The Bertz CT molecular complexity index is 129. The fourth-order valence-corrected chi connectivity index (χ4v) is 2.01. The molecule has 0 spiro atoms. The van der Waals surface area contributed by atoms with E-state index in [-0.39, 0.29) is 0 Å². The fraction of sp³-hybridized carbons (Fsp3) is 0.818. The Balaban J connectivity index is 2.27. The maximum absolute atomic E-state index is 4.03. The van der Waals surface area contributed by atoms with Crippen LogP contribution in [-0.2, 0) is 0 Å². The highest BCUT2D eigenvalue weighted by molar-refractivity contribution is 5.20. The van der Waals surface area contributed by atoms with Gasteiger partial charge in [0.25, 0.3) is 0 Å². The first-order valence-electron chi connectivity index (χ1n) is 4.97. The molecule has 1 fully saturated rings. The predicted octanol–water partition coefficient (Wildman–Crippen LogP) is 3.78. The number of hydrogen-bond acceptors (Lipinski definition) is 0. The van der Waals surface area contributed by atoms with E-state index in [1.165, 1.54) is 37.7 Å². The minimum absolute atomic E-state index is 0.912. The van der Waals surface area contributed by atoms with Gasteiger partial charge in [-0.15, -0.1) is 0 Å². The summed E-state index contributed by atoms with van der Waals surface area (Å²) in [6.45, 7) is 8.60. The van der Waals surface area contributed by atoms with Crippen LogP contribution in [0.5, 0.6) is 0 Å². The average molecular weight is 152 g/mol. The molecule has 1 aliphatic rings. The van der Waals surface area contributed by atoms with Crippen LogP contribution in [0.15, 0.2) is 12.2 Å². The first kappa shape index (κ1) is 8.83. The molecule has 1 rings (SSSR count). The summed E-state index contributed by atoms with van der Waals surface area (Å²) in [6.07, 6.45) is 6.84. The topological polar surface area (TPSA) is 0 Å². The summed E-state index contributed by atoms with van der Waals surface area (Å²) in [4.78, 5) is 0. The summed E-state index contributed by atoms with van der Waals surface area (Å²) in [5.41, 5.74) is 1.51. The van der Waals surface area contributed by atoms with E-state index in [0.717, 1.165) is 11.8 Å². The quantitative estimate of drug-likeness (QED) is 0.526. The van der Waals surface area contributed by atoms with Crippen molar-refractivity contribution < 1.29 is 0 Å². The van der Waals surface area contributed by atoms with Gasteiger partial charge in [0.15, 0.2) is 0 Å². The fourth-order valence-electron chi connectivity index (χ4n) is 2.01. The van der Waals surface area contributed by atoms with Gasteiger partial charge < -0.3 is 0 Å². The van der Waals surface area contributed by atoms with Crippen molar-refractivity contribution in [2.24, 2.45) is 11.8 Å². The lowest BCUT2D eigenvalue weighted by Crippen LogP contribution is -2.01. The van der Waals surface area contributed by atoms with Crippen LogP contribution in [0.4, 0.5) is 0 Å². The van der Waals surface area contributed by atoms with Gasteiger partial charge in [0.05, 0.1) is 0 Å². The molecule has 1 atom stereocenters. The summed E-state index contributed by atoms with van der Waals surface area (Å²) in [7, 11) is 0. The molecule has 0 N–H and O–H groups in total. The molecule has 0 saturated heterocycles. The van der Waals surface area contributed by atoms with E-state index in [4.69, 9.17) is 0 Å². The second-order valence-electron chi connectivity index (χ2n) is 3.81. The molecule has 0 nitrogen and oxygen atoms in total. The van der Waals surface area contributed by atoms with Crippen LogP contribution >= 0.6 is 0 Å². The molecule has 0 aliphatic heterocycles. The zero-order valence-corrected chi connectivity index (χ0v) is 7.90. The van der Waals surface area contributed by atoms with Gasteiger partial charge in [-0.3, -0.25) is 0 Å². The molecule has 0 aromatic rings. The third-order valence-electron chi connectivity index (χ3n) is 2.73. The summed E-state index contributed by atoms with van der Waals surface area (Å²) >= 11 is 0. The molecule has 0 heteroatoms. The monoisotopic (exact) mass is 152 g/mol. The lowest BCUT2D eigenvalue weighted by Gasteiger charge is -2.12. The zero-order valence-electron chi connectivity index (χ0n) is 7.90. The smallest absolute Gasteiger partial charge is 0.0140 e. The first-order valence-corrected chi connectivity index (χ1v) is 4.97. The second kappa shape index (κ2) is 3.94. The van der Waals surface area contributed by atoms with Crippen molar-refractivity contribution >= 4 is 0 Å². The van der Waals surface area contributed by atoms with Gasteiger partial charge in [-0.25, -0.2) is 0 Å². The van der Waals surface area contributed by atoms with Gasteiger partial charge in [-0.1, -0.05) is 51.7 Å². The molecule has 0 aromatic heterocycles. The van der Waals surface area contributed by atoms with Gasteiger partial charge in [0, 0.05) is 0 Å². The van der Waals surface area contributed by atoms with Crippen molar-refractivity contribution in [1.82, 2.24) is 0 Å². The van der Waals surface area contributed by atoms with Gasteiger partial charge in [-0.2, -0.15) is 0 Å². The van der Waals surface area contributed by atoms with Gasteiger partial charge in [0.2, 0.25) is 0 Å². The maximum Gasteiger partial charge on any atom is -0.0140 e. The summed E-state index contributed by atoms with van der Waals surface area (Å²) in [5.74, 6) is 1.88. The molecule has 64 valence electrons. The van der Waals surface area contributed by atoms with Crippen molar-refractivity contribution in [1.29, 1.82) is 0 Å². The molecule has 1 aliphatic carbocycles. The van der Waals surface area contributed by atoms with Crippen LogP contribution in [-0.4, -0.2) is 0 Å². The Hall–Kier alpha value is -0.260. The normalized spacial score (nSPS) is 22.8. The SMILES string of the molecule is C=C1CC1C(CCC)CCC. The van der Waals surface area contributed by atoms with Gasteiger partial charge >= 0.3 is 0 Å². The van der Waals surface area contributed by atoms with Crippen molar-refractivity contribution in [2.75, 3.05) is 0 Å². The molecular formula is C11H20. The van der Waals surface area contributed by atoms with Crippen LogP contribution in [0, 0.1) is 11.8 Å². The molecular weight excluding hydrogens is 132 g/mol. The van der Waals surface area contributed by atoms with Crippen LogP contribution < -0.4 is 0 Å². The molecule has 1 saturated carbocycles. The van der Waals surface area contributed by atoms with Crippen molar-refractivity contribution in [3.63, 3.8) is 0 Å². The summed E-state index contributed by atoms with van der Waals surface area (Å²) < 4.78 is 0. The molecule has 11 heavy (non-hydrogen) atoms. The van der Waals surface area contributed by atoms with Crippen LogP contribution in [0.1, 0.15) is 46.0 Å². The lowest BCUT2D eigenvalue weighted by molar-refractivity contribution is 0.400. The molecule has 0 heterocycles. The largest absolute Gasteiger partial charge is 0.0995 e. The third kappa shape index (κ3) is 2.36. The standard InChI is InChI=1S/C11H20/c1-4-6-10(7-5-2)11-8-9(11)3/h10-11H,3-8H2,1-2H3. The van der Waals surface area contributed by atoms with E-state index >= 15 is 0 Å². The Kier molecular flexibility index (Phi) is 3.16. The minimum Gasteiger partial charge on any atom is -0.0995 e. The van der Waals surface area contributed by atoms with Gasteiger partial charge in [-0.05, 0) is 18.3 Å². The predicted molar refractivity (Wildman–Crippen MR) is 50.6 cm³/mol. The number of hydrogen-bond donors (Lipinski definition) is 0. The summed E-state index contributed by atoms with van der Waals surface area (Å²) in [5, 5.41) is 0. The summed E-state index contributed by atoms with van der Waals surface area (Å²) in [6, 6.07) is 0. The zero-order chi connectivity index (χ0) is 8.27. The van der Waals surface area contributed by atoms with E-state index in [1.807, 2.05) is 0 Å². The highest BCUT2D eigenvalue weighted by Crippen LogP contribution is 2.45. The Labute approximate surface area is 70.7 Å². The first-order chi connectivity index (χ1) is 5.29. The van der Waals surface area contributed by atoms with E-state index in [2.05, 4.69) is 20.4 Å². The minimum atomic E-state index is 0.912. The van der Waals surface area contributed by atoms with E-state index < -0.39 is 0 Å². The molecule has 0 aromatic carbocycles. The van der Waals surface area contributed by atoms with Crippen LogP contribution in [0.3, 0.4) is 0 Å². The van der Waals surface area contributed by atoms with Crippen molar-refractivity contribution in [3.05, 3.63) is 12.2 Å². The highest BCUT2D eigenvalue weighted by atomic mass is 14.4. The van der Waals surface area contributed by atoms with Gasteiger partial charge in [0.1, 0.15) is 0 Å². The highest BCUT2D eigenvalue weighted by Gasteiger charge is 2.33. The second-order valence-corrected chi connectivity index (χ2v) is 3.81. The molecule has 1 unspecified atom stereocenters. The Morgan fingerprint density at radius 1 is 1.36 bits per heavy atom. The molecule has 0 bridgehead atoms. The van der Waals surface area contributed by atoms with Crippen molar-refractivity contribution in [2.45, 2.75) is 46.0 Å². The molecule has 0 amide bonds. The lowest BCUT2D eigenvalue weighted by atomic mass is 9.93. The Morgan fingerprint density at radius 2 is 1.82 bits per heavy atom. The van der Waals surface area contributed by atoms with E-state index in [1.54, 1.807) is 0 Å².